The second-order valence-electron chi connectivity index (χ2n) is 7.48. The first-order chi connectivity index (χ1) is 13.1. The van der Waals surface area contributed by atoms with Crippen LogP contribution < -0.4 is 9.47 Å². The third-order valence-corrected chi connectivity index (χ3v) is 5.92. The molecule has 4 heteroatoms. The molecule has 4 nitrogen and oxygen atoms in total. The molecule has 2 atom stereocenters. The molecule has 2 aliphatic rings. The van der Waals surface area contributed by atoms with Crippen LogP contribution in [0.25, 0.3) is 10.8 Å². The molecule has 0 saturated heterocycles. The van der Waals surface area contributed by atoms with Gasteiger partial charge in [-0.25, -0.2) is 4.79 Å². The highest BCUT2D eigenvalue weighted by molar-refractivity contribution is 6.00. The van der Waals surface area contributed by atoms with E-state index in [-0.39, 0.29) is 0 Å². The van der Waals surface area contributed by atoms with Crippen LogP contribution in [-0.2, 0) is 0 Å². The zero-order chi connectivity index (χ0) is 18.5. The Morgan fingerprint density at radius 3 is 2.48 bits per heavy atom. The quantitative estimate of drug-likeness (QED) is 0.464. The van der Waals surface area contributed by atoms with Crippen molar-refractivity contribution in [3.8, 4) is 17.2 Å². The summed E-state index contributed by atoms with van der Waals surface area (Å²) in [6.45, 7) is 1.97. The molecule has 1 saturated carbocycles. The molecule has 3 aromatic carbocycles. The maximum absolute atomic E-state index is 12.5. The Labute approximate surface area is 157 Å². The minimum Gasteiger partial charge on any atom is -0.507 e. The molecule has 0 amide bonds. The number of carbonyl (C=O) groups excluding carboxylic acids is 1. The van der Waals surface area contributed by atoms with Gasteiger partial charge in [0.25, 0.3) is 0 Å². The fourth-order valence-corrected chi connectivity index (χ4v) is 4.82. The van der Waals surface area contributed by atoms with Crippen LogP contribution in [0.5, 0.6) is 17.2 Å². The Bertz CT molecular complexity index is 1060. The minimum absolute atomic E-state index is 0.333. The van der Waals surface area contributed by atoms with Crippen LogP contribution in [0.1, 0.15) is 47.8 Å². The molecule has 1 fully saturated rings. The number of carbonyl (C=O) groups is 1. The van der Waals surface area contributed by atoms with Gasteiger partial charge in [-0.2, -0.15) is 0 Å². The van der Waals surface area contributed by atoms with Crippen molar-refractivity contribution in [3.05, 3.63) is 65.2 Å². The predicted molar refractivity (Wildman–Crippen MR) is 103 cm³/mol. The topological polar surface area (TPSA) is 55.8 Å². The summed E-state index contributed by atoms with van der Waals surface area (Å²) >= 11 is 0. The van der Waals surface area contributed by atoms with Gasteiger partial charge >= 0.3 is 6.16 Å². The fourth-order valence-electron chi connectivity index (χ4n) is 4.82. The SMILES string of the molecule is Cc1cccc2c(O)c3c(c(OC(=O)Oc4ccccc4)c12)C1CCC3C1. The van der Waals surface area contributed by atoms with Crippen LogP contribution in [0.4, 0.5) is 4.79 Å². The number of hydrogen-bond acceptors (Lipinski definition) is 4. The van der Waals surface area contributed by atoms with E-state index in [1.807, 2.05) is 31.2 Å². The molecule has 5 rings (SSSR count). The van der Waals surface area contributed by atoms with Crippen molar-refractivity contribution in [3.63, 3.8) is 0 Å². The highest BCUT2D eigenvalue weighted by Gasteiger charge is 2.43. The van der Waals surface area contributed by atoms with E-state index in [1.165, 1.54) is 0 Å². The van der Waals surface area contributed by atoms with Gasteiger partial charge in [0.05, 0.1) is 0 Å². The summed E-state index contributed by atoms with van der Waals surface area (Å²) in [5.41, 5.74) is 2.93. The molecular weight excluding hydrogens is 340 g/mol. The number of fused-ring (bicyclic) bond motifs is 6. The standard InChI is InChI=1S/C23H20O4/c1-13-6-5-9-17-18(13)22(27-23(25)26-16-7-3-2-4-8-16)20-15-11-10-14(12-15)19(20)21(17)24/h2-9,14-15,24H,10-12H2,1H3. The Hall–Kier alpha value is -3.01. The van der Waals surface area contributed by atoms with Crippen LogP contribution in [0.3, 0.4) is 0 Å². The zero-order valence-electron chi connectivity index (χ0n) is 15.1. The van der Waals surface area contributed by atoms with Crippen LogP contribution in [0, 0.1) is 6.92 Å². The number of phenolic OH excluding ortho intramolecular Hbond substituents is 1. The number of para-hydroxylation sites is 1. The summed E-state index contributed by atoms with van der Waals surface area (Å²) in [6.07, 6.45) is 2.42. The zero-order valence-corrected chi connectivity index (χ0v) is 15.1. The van der Waals surface area contributed by atoms with Crippen molar-refractivity contribution in [1.82, 2.24) is 0 Å². The maximum Gasteiger partial charge on any atom is 0.519 e. The lowest BCUT2D eigenvalue weighted by molar-refractivity contribution is 0.152. The van der Waals surface area contributed by atoms with Gasteiger partial charge in [-0.1, -0.05) is 36.4 Å². The number of benzene rings is 3. The lowest BCUT2D eigenvalue weighted by Crippen LogP contribution is -2.16. The molecule has 0 aliphatic heterocycles. The molecule has 2 bridgehead atoms. The molecule has 0 aromatic heterocycles. The third kappa shape index (κ3) is 2.47. The Kier molecular flexibility index (Phi) is 3.61. The second kappa shape index (κ2) is 6.02. The van der Waals surface area contributed by atoms with E-state index in [0.717, 1.165) is 46.7 Å². The van der Waals surface area contributed by atoms with Gasteiger partial charge in [0, 0.05) is 21.9 Å². The van der Waals surface area contributed by atoms with E-state index in [4.69, 9.17) is 9.47 Å². The highest BCUT2D eigenvalue weighted by atomic mass is 16.7. The first kappa shape index (κ1) is 16.2. The van der Waals surface area contributed by atoms with Crippen LogP contribution in [-0.4, -0.2) is 11.3 Å². The van der Waals surface area contributed by atoms with Crippen molar-refractivity contribution in [1.29, 1.82) is 0 Å². The molecule has 2 aliphatic carbocycles. The second-order valence-corrected chi connectivity index (χ2v) is 7.48. The van der Waals surface area contributed by atoms with E-state index in [2.05, 4.69) is 0 Å². The van der Waals surface area contributed by atoms with Gasteiger partial charge in [0.15, 0.2) is 0 Å². The van der Waals surface area contributed by atoms with Gasteiger partial charge in [0.2, 0.25) is 0 Å². The van der Waals surface area contributed by atoms with Crippen molar-refractivity contribution in [2.45, 2.75) is 38.0 Å². The average molecular weight is 360 g/mol. The Morgan fingerprint density at radius 1 is 0.963 bits per heavy atom. The Balaban J connectivity index is 1.64. The molecule has 3 aromatic rings. The molecule has 0 radical (unpaired) electrons. The molecular formula is C23H20O4. The normalized spacial score (nSPS) is 19.9. The number of aromatic hydroxyl groups is 1. The number of ether oxygens (including phenoxy) is 2. The first-order valence-electron chi connectivity index (χ1n) is 9.36. The van der Waals surface area contributed by atoms with E-state index >= 15 is 0 Å². The van der Waals surface area contributed by atoms with Gasteiger partial charge in [-0.3, -0.25) is 0 Å². The van der Waals surface area contributed by atoms with E-state index in [9.17, 15) is 9.90 Å². The number of hydrogen-bond donors (Lipinski definition) is 1. The van der Waals surface area contributed by atoms with Crippen LogP contribution in [0.2, 0.25) is 0 Å². The van der Waals surface area contributed by atoms with Gasteiger partial charge in [0.1, 0.15) is 17.2 Å². The van der Waals surface area contributed by atoms with Gasteiger partial charge in [-0.15, -0.1) is 0 Å². The summed E-state index contributed by atoms with van der Waals surface area (Å²) in [6, 6.07) is 14.7. The summed E-state index contributed by atoms with van der Waals surface area (Å²) in [7, 11) is 0. The summed E-state index contributed by atoms with van der Waals surface area (Å²) in [5, 5.41) is 12.5. The lowest BCUT2D eigenvalue weighted by Gasteiger charge is -2.23. The largest absolute Gasteiger partial charge is 0.519 e. The van der Waals surface area contributed by atoms with Crippen molar-refractivity contribution < 1.29 is 19.4 Å². The number of rotatable bonds is 2. The van der Waals surface area contributed by atoms with Gasteiger partial charge < -0.3 is 14.6 Å². The monoisotopic (exact) mass is 360 g/mol. The third-order valence-electron chi connectivity index (χ3n) is 5.92. The summed E-state index contributed by atoms with van der Waals surface area (Å²) in [4.78, 5) is 12.5. The maximum atomic E-state index is 12.5. The van der Waals surface area contributed by atoms with E-state index < -0.39 is 6.16 Å². The van der Waals surface area contributed by atoms with Crippen LogP contribution >= 0.6 is 0 Å². The van der Waals surface area contributed by atoms with Crippen molar-refractivity contribution in [2.75, 3.05) is 0 Å². The predicted octanol–water partition coefficient (Wildman–Crippen LogP) is 5.80. The van der Waals surface area contributed by atoms with E-state index in [1.54, 1.807) is 24.3 Å². The number of aryl methyl sites for hydroxylation is 1. The van der Waals surface area contributed by atoms with Crippen LogP contribution in [0.15, 0.2) is 48.5 Å². The van der Waals surface area contributed by atoms with Crippen molar-refractivity contribution >= 4 is 16.9 Å². The minimum atomic E-state index is -0.749. The fraction of sp³-hybridized carbons (Fsp3) is 0.261. The smallest absolute Gasteiger partial charge is 0.507 e. The van der Waals surface area contributed by atoms with Gasteiger partial charge in [-0.05, 0) is 55.7 Å². The summed E-state index contributed by atoms with van der Waals surface area (Å²) < 4.78 is 11.1. The lowest BCUT2D eigenvalue weighted by atomic mass is 9.86. The summed E-state index contributed by atoms with van der Waals surface area (Å²) in [5.74, 6) is 2.03. The number of phenols is 1. The molecule has 136 valence electrons. The van der Waals surface area contributed by atoms with Crippen molar-refractivity contribution in [2.24, 2.45) is 0 Å². The molecule has 0 spiro atoms. The molecule has 0 heterocycles. The molecule has 2 unspecified atom stereocenters. The Morgan fingerprint density at radius 2 is 1.70 bits per heavy atom. The molecule has 1 N–H and O–H groups in total. The highest BCUT2D eigenvalue weighted by Crippen LogP contribution is 2.61. The molecule has 27 heavy (non-hydrogen) atoms. The first-order valence-corrected chi connectivity index (χ1v) is 9.36. The van der Waals surface area contributed by atoms with E-state index in [0.29, 0.717) is 29.1 Å². The average Bonchev–Trinajstić information content (AvgIpc) is 3.28.